The minimum Gasteiger partial charge on any atom is -0.295 e. The summed E-state index contributed by atoms with van der Waals surface area (Å²) in [4.78, 5) is 2.21. The molecule has 0 aliphatic rings. The van der Waals surface area contributed by atoms with Gasteiger partial charge in [0.25, 0.3) is 0 Å². The molecule has 0 saturated heterocycles. The molecule has 10 heavy (non-hydrogen) atoms. The van der Waals surface area contributed by atoms with Crippen LogP contribution in [0.1, 0.15) is 34.1 Å². The average molecular weight is 163 g/mol. The van der Waals surface area contributed by atoms with Crippen LogP contribution in [0.5, 0.6) is 0 Å². The van der Waals surface area contributed by atoms with Crippen LogP contribution in [0.3, 0.4) is 0 Å². The average Bonchev–Trinajstić information content (AvgIpc) is 1.93. The SMILES string of the molecule is CC.CCCN(C)C(C)S. The monoisotopic (exact) mass is 163 g/mol. The molecule has 0 saturated carbocycles. The van der Waals surface area contributed by atoms with Gasteiger partial charge in [-0.05, 0) is 26.9 Å². The molecule has 0 amide bonds. The van der Waals surface area contributed by atoms with Crippen molar-refractivity contribution < 1.29 is 0 Å². The van der Waals surface area contributed by atoms with Gasteiger partial charge in [-0.1, -0.05) is 20.8 Å². The first-order valence-corrected chi connectivity index (χ1v) is 4.58. The lowest BCUT2D eigenvalue weighted by atomic mass is 10.4. The molecular formula is C8H21NS. The van der Waals surface area contributed by atoms with Gasteiger partial charge in [-0.2, -0.15) is 12.6 Å². The standard InChI is InChI=1S/C6H15NS.C2H6/c1-4-5-7(3)6(2)8;1-2/h6,8H,4-5H2,1-3H3;1-2H3. The highest BCUT2D eigenvalue weighted by Gasteiger charge is 1.99. The third kappa shape index (κ3) is 8.31. The molecule has 0 radical (unpaired) electrons. The molecule has 0 N–H and O–H groups in total. The molecule has 0 heterocycles. The minimum atomic E-state index is 0.398. The van der Waals surface area contributed by atoms with Gasteiger partial charge in [-0.25, -0.2) is 0 Å². The predicted molar refractivity (Wildman–Crippen MR) is 52.7 cm³/mol. The normalized spacial score (nSPS) is 12.3. The zero-order valence-electron chi connectivity index (χ0n) is 7.89. The van der Waals surface area contributed by atoms with E-state index in [9.17, 15) is 0 Å². The molecule has 0 aliphatic carbocycles. The Morgan fingerprint density at radius 3 is 1.90 bits per heavy atom. The summed E-state index contributed by atoms with van der Waals surface area (Å²) < 4.78 is 0. The molecular weight excluding hydrogens is 142 g/mol. The van der Waals surface area contributed by atoms with Crippen molar-refractivity contribution in [1.29, 1.82) is 0 Å². The lowest BCUT2D eigenvalue weighted by Gasteiger charge is -2.18. The van der Waals surface area contributed by atoms with Crippen molar-refractivity contribution in [2.45, 2.75) is 39.5 Å². The largest absolute Gasteiger partial charge is 0.295 e. The van der Waals surface area contributed by atoms with Crippen LogP contribution in [0.25, 0.3) is 0 Å². The van der Waals surface area contributed by atoms with E-state index in [1.165, 1.54) is 6.42 Å². The maximum atomic E-state index is 4.25. The predicted octanol–water partition coefficient (Wildman–Crippen LogP) is 2.63. The first-order chi connectivity index (χ1) is 4.68. The molecule has 64 valence electrons. The van der Waals surface area contributed by atoms with E-state index >= 15 is 0 Å². The quantitative estimate of drug-likeness (QED) is 0.494. The fourth-order valence-electron chi connectivity index (χ4n) is 0.540. The molecule has 0 aromatic heterocycles. The van der Waals surface area contributed by atoms with E-state index in [4.69, 9.17) is 0 Å². The number of hydrogen-bond acceptors (Lipinski definition) is 2. The van der Waals surface area contributed by atoms with Crippen molar-refractivity contribution in [2.75, 3.05) is 13.6 Å². The van der Waals surface area contributed by atoms with Gasteiger partial charge < -0.3 is 0 Å². The van der Waals surface area contributed by atoms with Crippen molar-refractivity contribution in [3.8, 4) is 0 Å². The van der Waals surface area contributed by atoms with Crippen LogP contribution in [0.4, 0.5) is 0 Å². The summed E-state index contributed by atoms with van der Waals surface area (Å²) in [5, 5.41) is 0.398. The van der Waals surface area contributed by atoms with Crippen molar-refractivity contribution in [3.63, 3.8) is 0 Å². The van der Waals surface area contributed by atoms with E-state index in [2.05, 4.69) is 38.4 Å². The zero-order valence-corrected chi connectivity index (χ0v) is 8.78. The molecule has 0 rings (SSSR count). The first kappa shape index (κ1) is 12.9. The third-order valence-electron chi connectivity index (χ3n) is 1.21. The van der Waals surface area contributed by atoms with Crippen LogP contribution in [0, 0.1) is 0 Å². The summed E-state index contributed by atoms with van der Waals surface area (Å²) in [5.41, 5.74) is 0. The zero-order chi connectivity index (χ0) is 8.57. The van der Waals surface area contributed by atoms with E-state index < -0.39 is 0 Å². The Kier molecular flexibility index (Phi) is 12.0. The summed E-state index contributed by atoms with van der Waals surface area (Å²) in [6.07, 6.45) is 1.21. The molecule has 1 atom stereocenters. The van der Waals surface area contributed by atoms with Crippen LogP contribution in [0.15, 0.2) is 0 Å². The van der Waals surface area contributed by atoms with Crippen molar-refractivity contribution in [1.82, 2.24) is 4.90 Å². The Morgan fingerprint density at radius 2 is 1.80 bits per heavy atom. The minimum absolute atomic E-state index is 0.398. The van der Waals surface area contributed by atoms with E-state index in [1.807, 2.05) is 13.8 Å². The second-order valence-electron chi connectivity index (χ2n) is 2.11. The molecule has 0 aromatic carbocycles. The smallest absolute Gasteiger partial charge is 0.0496 e. The summed E-state index contributed by atoms with van der Waals surface area (Å²) in [6, 6.07) is 0. The Balaban J connectivity index is 0. The second kappa shape index (κ2) is 9.31. The fourth-order valence-corrected chi connectivity index (χ4v) is 0.655. The highest BCUT2D eigenvalue weighted by atomic mass is 32.1. The van der Waals surface area contributed by atoms with Crippen LogP contribution in [-0.2, 0) is 0 Å². The van der Waals surface area contributed by atoms with Gasteiger partial charge in [-0.3, -0.25) is 4.90 Å². The van der Waals surface area contributed by atoms with E-state index in [0.717, 1.165) is 6.54 Å². The van der Waals surface area contributed by atoms with E-state index in [1.54, 1.807) is 0 Å². The molecule has 1 unspecified atom stereocenters. The molecule has 0 fully saturated rings. The maximum absolute atomic E-state index is 4.25. The summed E-state index contributed by atoms with van der Waals surface area (Å²) in [5.74, 6) is 0. The van der Waals surface area contributed by atoms with Gasteiger partial charge in [0.1, 0.15) is 0 Å². The molecule has 1 nitrogen and oxygen atoms in total. The van der Waals surface area contributed by atoms with E-state index in [-0.39, 0.29) is 0 Å². The van der Waals surface area contributed by atoms with Crippen molar-refractivity contribution in [2.24, 2.45) is 0 Å². The Bertz CT molecular complexity index is 55.2. The number of nitrogens with zero attached hydrogens (tertiary/aromatic N) is 1. The Labute approximate surface area is 71.2 Å². The number of thiol groups is 1. The third-order valence-corrected chi connectivity index (χ3v) is 1.61. The van der Waals surface area contributed by atoms with Crippen LogP contribution in [0.2, 0.25) is 0 Å². The van der Waals surface area contributed by atoms with Crippen LogP contribution < -0.4 is 0 Å². The van der Waals surface area contributed by atoms with Gasteiger partial charge in [0, 0.05) is 5.37 Å². The molecule has 0 spiro atoms. The molecule has 0 bridgehead atoms. The van der Waals surface area contributed by atoms with Gasteiger partial charge >= 0.3 is 0 Å². The van der Waals surface area contributed by atoms with Crippen LogP contribution in [-0.4, -0.2) is 23.9 Å². The topological polar surface area (TPSA) is 3.24 Å². The van der Waals surface area contributed by atoms with Crippen molar-refractivity contribution >= 4 is 12.6 Å². The van der Waals surface area contributed by atoms with E-state index in [0.29, 0.717) is 5.37 Å². The lowest BCUT2D eigenvalue weighted by molar-refractivity contribution is 0.330. The fraction of sp³-hybridized carbons (Fsp3) is 1.00. The first-order valence-electron chi connectivity index (χ1n) is 4.06. The Morgan fingerprint density at radius 1 is 1.40 bits per heavy atom. The van der Waals surface area contributed by atoms with Crippen LogP contribution >= 0.6 is 12.6 Å². The second-order valence-corrected chi connectivity index (χ2v) is 2.86. The lowest BCUT2D eigenvalue weighted by Crippen LogP contribution is -2.24. The molecule has 0 aliphatic heterocycles. The summed E-state index contributed by atoms with van der Waals surface area (Å²) in [6.45, 7) is 9.40. The highest BCUT2D eigenvalue weighted by molar-refractivity contribution is 7.80. The number of hydrogen-bond donors (Lipinski definition) is 1. The summed E-state index contributed by atoms with van der Waals surface area (Å²) >= 11 is 4.25. The van der Waals surface area contributed by atoms with Gasteiger partial charge in [0.05, 0.1) is 0 Å². The number of rotatable bonds is 3. The van der Waals surface area contributed by atoms with Gasteiger partial charge in [0.2, 0.25) is 0 Å². The molecule has 0 aromatic rings. The Hall–Kier alpha value is 0.310. The van der Waals surface area contributed by atoms with Gasteiger partial charge in [-0.15, -0.1) is 0 Å². The summed E-state index contributed by atoms with van der Waals surface area (Å²) in [7, 11) is 2.08. The van der Waals surface area contributed by atoms with Gasteiger partial charge in [0.15, 0.2) is 0 Å². The maximum Gasteiger partial charge on any atom is 0.0496 e. The molecule has 2 heteroatoms. The van der Waals surface area contributed by atoms with Crippen molar-refractivity contribution in [3.05, 3.63) is 0 Å². The highest BCUT2D eigenvalue weighted by Crippen LogP contribution is 1.98.